The maximum Gasteiger partial charge on any atom is 0.259 e. The number of hydrogen-bond acceptors (Lipinski definition) is 3. The first-order valence-corrected chi connectivity index (χ1v) is 5.04. The van der Waals surface area contributed by atoms with Gasteiger partial charge in [0.2, 0.25) is 5.95 Å². The maximum absolute atomic E-state index is 11.7. The summed E-state index contributed by atoms with van der Waals surface area (Å²) in [5.41, 5.74) is 0.248. The maximum atomic E-state index is 11.7. The number of nitrogens with zero attached hydrogens (tertiary/aromatic N) is 2. The molecule has 7 heteroatoms. The zero-order chi connectivity index (χ0) is 11.5. The van der Waals surface area contributed by atoms with Crippen LogP contribution < -0.4 is 5.32 Å². The first kappa shape index (κ1) is 10.9. The van der Waals surface area contributed by atoms with Crippen molar-refractivity contribution in [3.63, 3.8) is 0 Å². The number of imidazole rings is 1. The lowest BCUT2D eigenvalue weighted by atomic mass is 10.2. The summed E-state index contributed by atoms with van der Waals surface area (Å²) in [4.78, 5) is 22.1. The highest BCUT2D eigenvalue weighted by atomic mass is 35.5. The van der Waals surface area contributed by atoms with Crippen molar-refractivity contribution in [1.29, 1.82) is 0 Å². The number of amides is 1. The van der Waals surface area contributed by atoms with Crippen LogP contribution in [-0.4, -0.2) is 20.9 Å². The zero-order valence-electron chi connectivity index (χ0n) is 7.87. The van der Waals surface area contributed by atoms with Gasteiger partial charge in [0.25, 0.3) is 5.91 Å². The van der Waals surface area contributed by atoms with Crippen molar-refractivity contribution in [2.75, 3.05) is 5.32 Å². The van der Waals surface area contributed by atoms with E-state index in [-0.39, 0.29) is 15.7 Å². The summed E-state index contributed by atoms with van der Waals surface area (Å²) >= 11 is 11.5. The van der Waals surface area contributed by atoms with Crippen molar-refractivity contribution in [2.24, 2.45) is 0 Å². The van der Waals surface area contributed by atoms with Gasteiger partial charge in [-0.15, -0.1) is 0 Å². The number of aromatic amines is 1. The fraction of sp³-hybridized carbons (Fsp3) is 0. The van der Waals surface area contributed by atoms with E-state index in [9.17, 15) is 4.79 Å². The van der Waals surface area contributed by atoms with Crippen LogP contribution in [0.1, 0.15) is 10.4 Å². The van der Waals surface area contributed by atoms with Gasteiger partial charge in [0, 0.05) is 18.6 Å². The van der Waals surface area contributed by atoms with E-state index in [2.05, 4.69) is 20.3 Å². The fourth-order valence-electron chi connectivity index (χ4n) is 1.10. The molecule has 5 nitrogen and oxygen atoms in total. The van der Waals surface area contributed by atoms with Crippen LogP contribution in [0.15, 0.2) is 24.7 Å². The number of rotatable bonds is 2. The molecule has 2 rings (SSSR count). The van der Waals surface area contributed by atoms with Crippen molar-refractivity contribution < 1.29 is 4.79 Å². The van der Waals surface area contributed by atoms with Gasteiger partial charge >= 0.3 is 0 Å². The van der Waals surface area contributed by atoms with Gasteiger partial charge in [0.05, 0.1) is 10.6 Å². The van der Waals surface area contributed by atoms with Crippen LogP contribution in [0.25, 0.3) is 0 Å². The summed E-state index contributed by atoms with van der Waals surface area (Å²) in [6.45, 7) is 0. The average Bonchev–Trinajstić information content (AvgIpc) is 2.74. The van der Waals surface area contributed by atoms with E-state index < -0.39 is 5.91 Å². The van der Waals surface area contributed by atoms with Gasteiger partial charge in [0.15, 0.2) is 0 Å². The Morgan fingerprint density at radius 3 is 2.88 bits per heavy atom. The normalized spacial score (nSPS) is 10.1. The molecule has 0 bridgehead atoms. The minimum Gasteiger partial charge on any atom is -0.331 e. The smallest absolute Gasteiger partial charge is 0.259 e. The summed E-state index contributed by atoms with van der Waals surface area (Å²) in [5, 5.41) is 2.96. The van der Waals surface area contributed by atoms with Gasteiger partial charge in [-0.1, -0.05) is 23.2 Å². The first-order valence-electron chi connectivity index (χ1n) is 4.28. The van der Waals surface area contributed by atoms with E-state index in [4.69, 9.17) is 23.2 Å². The summed E-state index contributed by atoms with van der Waals surface area (Å²) in [5.74, 6) is -0.0572. The average molecular weight is 257 g/mol. The molecule has 0 saturated carbocycles. The Hall–Kier alpha value is -1.59. The van der Waals surface area contributed by atoms with Gasteiger partial charge in [0.1, 0.15) is 5.15 Å². The minimum atomic E-state index is -0.399. The zero-order valence-corrected chi connectivity index (χ0v) is 9.38. The lowest BCUT2D eigenvalue weighted by Gasteiger charge is -2.03. The topological polar surface area (TPSA) is 70.7 Å². The van der Waals surface area contributed by atoms with E-state index in [1.54, 1.807) is 6.20 Å². The van der Waals surface area contributed by atoms with Crippen molar-refractivity contribution in [1.82, 2.24) is 15.0 Å². The van der Waals surface area contributed by atoms with Crippen LogP contribution in [0.2, 0.25) is 10.2 Å². The Morgan fingerprint density at radius 1 is 1.38 bits per heavy atom. The van der Waals surface area contributed by atoms with Crippen LogP contribution in [0.5, 0.6) is 0 Å². The molecule has 0 atom stereocenters. The molecule has 2 aromatic rings. The Labute approximate surface area is 101 Å². The molecule has 0 radical (unpaired) electrons. The van der Waals surface area contributed by atoms with Crippen LogP contribution in [0.3, 0.4) is 0 Å². The monoisotopic (exact) mass is 256 g/mol. The number of carbonyl (C=O) groups is 1. The van der Waals surface area contributed by atoms with Gasteiger partial charge in [-0.05, 0) is 6.07 Å². The van der Waals surface area contributed by atoms with Crippen molar-refractivity contribution in [3.05, 3.63) is 40.4 Å². The number of pyridine rings is 1. The molecule has 1 amide bonds. The Bertz CT molecular complexity index is 512. The van der Waals surface area contributed by atoms with Crippen molar-refractivity contribution in [2.45, 2.75) is 0 Å². The van der Waals surface area contributed by atoms with Gasteiger partial charge in [-0.2, -0.15) is 0 Å². The molecule has 0 aliphatic heterocycles. The van der Waals surface area contributed by atoms with Gasteiger partial charge in [-0.25, -0.2) is 9.97 Å². The van der Waals surface area contributed by atoms with Gasteiger partial charge in [-0.3, -0.25) is 10.1 Å². The Kier molecular flexibility index (Phi) is 3.07. The second-order valence-electron chi connectivity index (χ2n) is 2.88. The molecule has 0 unspecified atom stereocenters. The predicted octanol–water partition coefficient (Wildman–Crippen LogP) is 2.36. The number of hydrogen-bond donors (Lipinski definition) is 2. The van der Waals surface area contributed by atoms with E-state index in [0.29, 0.717) is 5.95 Å². The number of aromatic nitrogens is 3. The van der Waals surface area contributed by atoms with Crippen LogP contribution in [-0.2, 0) is 0 Å². The van der Waals surface area contributed by atoms with Crippen LogP contribution in [0, 0.1) is 0 Å². The number of H-pyrrole nitrogens is 1. The molecule has 82 valence electrons. The molecule has 0 spiro atoms. The lowest BCUT2D eigenvalue weighted by Crippen LogP contribution is -2.13. The van der Waals surface area contributed by atoms with Gasteiger partial charge < -0.3 is 4.98 Å². The van der Waals surface area contributed by atoms with Crippen molar-refractivity contribution in [3.8, 4) is 0 Å². The second kappa shape index (κ2) is 4.51. The molecule has 0 fully saturated rings. The summed E-state index contributed by atoms with van der Waals surface area (Å²) in [7, 11) is 0. The molecule has 0 aliphatic carbocycles. The molecular formula is C9H6Cl2N4O. The predicted molar refractivity (Wildman–Crippen MR) is 60.8 cm³/mol. The first-order chi connectivity index (χ1) is 7.66. The van der Waals surface area contributed by atoms with Crippen LogP contribution in [0.4, 0.5) is 5.95 Å². The van der Waals surface area contributed by atoms with E-state index in [1.807, 2.05) is 0 Å². The molecule has 2 aromatic heterocycles. The second-order valence-corrected chi connectivity index (χ2v) is 3.67. The lowest BCUT2D eigenvalue weighted by molar-refractivity contribution is 0.102. The van der Waals surface area contributed by atoms with E-state index in [1.165, 1.54) is 18.5 Å². The SMILES string of the molecule is O=C(Nc1ncc[nH]1)c1cc(Cl)ncc1Cl. The molecule has 0 aliphatic rings. The third-order valence-electron chi connectivity index (χ3n) is 1.80. The molecule has 0 aromatic carbocycles. The molecular weight excluding hydrogens is 251 g/mol. The number of anilines is 1. The molecule has 2 heterocycles. The highest BCUT2D eigenvalue weighted by Crippen LogP contribution is 2.18. The number of carbonyl (C=O) groups excluding carboxylic acids is 1. The van der Waals surface area contributed by atoms with E-state index >= 15 is 0 Å². The highest BCUT2D eigenvalue weighted by Gasteiger charge is 2.12. The molecule has 2 N–H and O–H groups in total. The summed E-state index contributed by atoms with van der Waals surface area (Å²) in [6, 6.07) is 1.39. The molecule has 16 heavy (non-hydrogen) atoms. The molecule has 0 saturated heterocycles. The summed E-state index contributed by atoms with van der Waals surface area (Å²) < 4.78 is 0. The number of nitrogens with one attached hydrogen (secondary N) is 2. The highest BCUT2D eigenvalue weighted by molar-refractivity contribution is 6.35. The quantitative estimate of drug-likeness (QED) is 0.811. The summed E-state index contributed by atoms with van der Waals surface area (Å²) in [6.07, 6.45) is 4.44. The largest absolute Gasteiger partial charge is 0.331 e. The minimum absolute atomic E-state index is 0.203. The third-order valence-corrected chi connectivity index (χ3v) is 2.30. The Morgan fingerprint density at radius 2 is 2.19 bits per heavy atom. The third kappa shape index (κ3) is 2.32. The fourth-order valence-corrected chi connectivity index (χ4v) is 1.44. The van der Waals surface area contributed by atoms with Crippen molar-refractivity contribution >= 4 is 35.1 Å². The number of halogens is 2. The van der Waals surface area contributed by atoms with Crippen LogP contribution >= 0.6 is 23.2 Å². The standard InChI is InChI=1S/C9H6Cl2N4O/c10-6-4-14-7(11)3-5(6)8(16)15-9-12-1-2-13-9/h1-4H,(H2,12,13,15,16). The Balaban J connectivity index is 2.24. The van der Waals surface area contributed by atoms with E-state index in [0.717, 1.165) is 0 Å².